The van der Waals surface area contributed by atoms with Crippen LogP contribution in [0.1, 0.15) is 252 Å². The molecule has 0 heterocycles. The molecule has 5 heteroatoms. The lowest BCUT2D eigenvalue weighted by Gasteiger charge is -2.18. The lowest BCUT2D eigenvalue weighted by atomic mass is 10.0. The first-order chi connectivity index (χ1) is 28.6. The Balaban J connectivity index is 4.24. The topological polar surface area (TPSA) is 61.8 Å². The van der Waals surface area contributed by atoms with Crippen molar-refractivity contribution in [2.75, 3.05) is 19.8 Å². The van der Waals surface area contributed by atoms with E-state index in [2.05, 4.69) is 69.4 Å². The molecule has 338 valence electrons. The van der Waals surface area contributed by atoms with Crippen LogP contribution in [-0.4, -0.2) is 37.9 Å². The van der Waals surface area contributed by atoms with Gasteiger partial charge in [-0.2, -0.15) is 0 Å². The van der Waals surface area contributed by atoms with Gasteiger partial charge in [0.2, 0.25) is 0 Å². The summed E-state index contributed by atoms with van der Waals surface area (Å²) in [5.41, 5.74) is 0. The molecule has 5 nitrogen and oxygen atoms in total. The molecule has 0 bridgehead atoms. The number of carbonyl (C=O) groups excluding carboxylic acids is 2. The summed E-state index contributed by atoms with van der Waals surface area (Å²) in [5.74, 6) is -0.403. The van der Waals surface area contributed by atoms with Gasteiger partial charge >= 0.3 is 11.9 Å². The van der Waals surface area contributed by atoms with Gasteiger partial charge in [0.05, 0.1) is 6.61 Å². The molecule has 0 rings (SSSR count). The maximum atomic E-state index is 12.8. The van der Waals surface area contributed by atoms with Crippen molar-refractivity contribution >= 4 is 11.9 Å². The number of carbonyl (C=O) groups is 2. The van der Waals surface area contributed by atoms with E-state index in [1.54, 1.807) is 0 Å². The highest BCUT2D eigenvalue weighted by molar-refractivity contribution is 5.70. The van der Waals surface area contributed by atoms with E-state index in [1.165, 1.54) is 148 Å². The van der Waals surface area contributed by atoms with Crippen molar-refractivity contribution in [2.45, 2.75) is 258 Å². The number of allylic oxidation sites excluding steroid dienone is 8. The minimum Gasteiger partial charge on any atom is -0.462 e. The van der Waals surface area contributed by atoms with E-state index in [1.807, 2.05) is 0 Å². The Morgan fingerprint density at radius 2 is 0.793 bits per heavy atom. The standard InChI is InChI=1S/C53H96O5/c1-4-7-10-13-16-19-22-25-26-27-28-30-31-34-37-40-43-46-52(54)57-50-51(49-56-48-45-42-39-36-33-24-21-18-15-12-9-6-3)58-53(55)47-44-41-38-35-32-29-23-20-17-14-11-8-5-2/h7,10,15-16,18-19,25-26,51H,4-6,8-9,11-14,17,20-24,27-50H2,1-3H3/b10-7-,18-15-,19-16-,26-25-. The van der Waals surface area contributed by atoms with Crippen molar-refractivity contribution in [1.82, 2.24) is 0 Å². The van der Waals surface area contributed by atoms with E-state index in [9.17, 15) is 9.59 Å². The van der Waals surface area contributed by atoms with E-state index >= 15 is 0 Å². The second-order valence-electron chi connectivity index (χ2n) is 16.7. The summed E-state index contributed by atoms with van der Waals surface area (Å²) in [6.07, 6.45) is 59.7. The third-order valence-electron chi connectivity index (χ3n) is 10.8. The van der Waals surface area contributed by atoms with Gasteiger partial charge in [0.1, 0.15) is 6.61 Å². The Kier molecular flexibility index (Phi) is 47.4. The number of unbranched alkanes of at least 4 members (excludes halogenated alkanes) is 27. The summed E-state index contributed by atoms with van der Waals surface area (Å²) in [6, 6.07) is 0. The summed E-state index contributed by atoms with van der Waals surface area (Å²) >= 11 is 0. The second-order valence-corrected chi connectivity index (χ2v) is 16.7. The summed E-state index contributed by atoms with van der Waals surface area (Å²) in [6.45, 7) is 7.69. The molecule has 0 aliphatic rings. The Bertz CT molecular complexity index is 966. The van der Waals surface area contributed by atoms with Crippen molar-refractivity contribution in [2.24, 2.45) is 0 Å². The number of ether oxygens (including phenoxy) is 3. The minimum atomic E-state index is -0.539. The molecule has 0 aromatic carbocycles. The predicted octanol–water partition coefficient (Wildman–Crippen LogP) is 16.8. The van der Waals surface area contributed by atoms with Crippen LogP contribution in [0.4, 0.5) is 0 Å². The molecule has 0 amide bonds. The fraction of sp³-hybridized carbons (Fsp3) is 0.811. The Labute approximate surface area is 361 Å². The van der Waals surface area contributed by atoms with Gasteiger partial charge in [-0.15, -0.1) is 0 Å². The fourth-order valence-corrected chi connectivity index (χ4v) is 7.09. The number of hydrogen-bond acceptors (Lipinski definition) is 5. The average molecular weight is 813 g/mol. The molecular weight excluding hydrogens is 717 g/mol. The monoisotopic (exact) mass is 813 g/mol. The van der Waals surface area contributed by atoms with Gasteiger partial charge in [-0.25, -0.2) is 0 Å². The van der Waals surface area contributed by atoms with Gasteiger partial charge in [-0.05, 0) is 70.6 Å². The number of hydrogen-bond donors (Lipinski definition) is 0. The highest BCUT2D eigenvalue weighted by Crippen LogP contribution is 2.15. The van der Waals surface area contributed by atoms with Crippen molar-refractivity contribution in [3.05, 3.63) is 48.6 Å². The van der Waals surface area contributed by atoms with Crippen LogP contribution in [-0.2, 0) is 23.8 Å². The van der Waals surface area contributed by atoms with Gasteiger partial charge in [0, 0.05) is 19.4 Å². The average Bonchev–Trinajstić information content (AvgIpc) is 3.22. The molecule has 0 spiro atoms. The SMILES string of the molecule is CC/C=C\C/C=C\C/C=C\CCCCCCCCCC(=O)OCC(COCCCCCCCC/C=C\CCCC)OC(=O)CCCCCCCCCCCCCCC. The quantitative estimate of drug-likeness (QED) is 0.0348. The maximum Gasteiger partial charge on any atom is 0.306 e. The van der Waals surface area contributed by atoms with Gasteiger partial charge in [-0.1, -0.05) is 217 Å². The van der Waals surface area contributed by atoms with E-state index in [-0.39, 0.29) is 25.2 Å². The summed E-state index contributed by atoms with van der Waals surface area (Å²) in [4.78, 5) is 25.3. The van der Waals surface area contributed by atoms with Crippen LogP contribution < -0.4 is 0 Å². The van der Waals surface area contributed by atoms with Crippen molar-refractivity contribution in [3.63, 3.8) is 0 Å². The van der Waals surface area contributed by atoms with Crippen LogP contribution in [0.2, 0.25) is 0 Å². The lowest BCUT2D eigenvalue weighted by molar-refractivity contribution is -0.163. The molecule has 0 N–H and O–H groups in total. The first-order valence-corrected chi connectivity index (χ1v) is 25.2. The van der Waals surface area contributed by atoms with Crippen molar-refractivity contribution in [3.8, 4) is 0 Å². The fourth-order valence-electron chi connectivity index (χ4n) is 7.09. The molecule has 1 atom stereocenters. The molecule has 0 saturated carbocycles. The van der Waals surface area contributed by atoms with Gasteiger partial charge in [0.15, 0.2) is 6.10 Å². The second kappa shape index (κ2) is 49.2. The van der Waals surface area contributed by atoms with Crippen LogP contribution in [0.15, 0.2) is 48.6 Å². The maximum absolute atomic E-state index is 12.8. The van der Waals surface area contributed by atoms with Crippen LogP contribution in [0.3, 0.4) is 0 Å². The Morgan fingerprint density at radius 1 is 0.397 bits per heavy atom. The van der Waals surface area contributed by atoms with E-state index in [0.29, 0.717) is 19.4 Å². The van der Waals surface area contributed by atoms with Crippen molar-refractivity contribution in [1.29, 1.82) is 0 Å². The molecular formula is C53H96O5. The summed E-state index contributed by atoms with van der Waals surface area (Å²) in [5, 5.41) is 0. The Hall–Kier alpha value is -2.14. The molecule has 0 fully saturated rings. The predicted molar refractivity (Wildman–Crippen MR) is 251 cm³/mol. The normalized spacial score (nSPS) is 12.5. The molecule has 0 aliphatic carbocycles. The highest BCUT2D eigenvalue weighted by atomic mass is 16.6. The highest BCUT2D eigenvalue weighted by Gasteiger charge is 2.17. The van der Waals surface area contributed by atoms with Crippen LogP contribution in [0, 0.1) is 0 Å². The van der Waals surface area contributed by atoms with E-state index in [0.717, 1.165) is 70.6 Å². The zero-order valence-electron chi connectivity index (χ0n) is 38.8. The van der Waals surface area contributed by atoms with Crippen LogP contribution >= 0.6 is 0 Å². The zero-order chi connectivity index (χ0) is 42.1. The van der Waals surface area contributed by atoms with Crippen molar-refractivity contribution < 1.29 is 23.8 Å². The molecule has 0 aliphatic heterocycles. The van der Waals surface area contributed by atoms with E-state index < -0.39 is 6.10 Å². The smallest absolute Gasteiger partial charge is 0.306 e. The first-order valence-electron chi connectivity index (χ1n) is 25.2. The molecule has 1 unspecified atom stereocenters. The van der Waals surface area contributed by atoms with Crippen LogP contribution in [0.25, 0.3) is 0 Å². The molecule has 0 aromatic heterocycles. The lowest BCUT2D eigenvalue weighted by Crippen LogP contribution is -2.30. The van der Waals surface area contributed by atoms with Crippen LogP contribution in [0.5, 0.6) is 0 Å². The molecule has 0 saturated heterocycles. The third-order valence-corrected chi connectivity index (χ3v) is 10.8. The first kappa shape index (κ1) is 55.9. The van der Waals surface area contributed by atoms with Gasteiger partial charge in [0.25, 0.3) is 0 Å². The minimum absolute atomic E-state index is 0.0805. The molecule has 0 aromatic rings. The van der Waals surface area contributed by atoms with Gasteiger partial charge in [-0.3, -0.25) is 9.59 Å². The summed E-state index contributed by atoms with van der Waals surface area (Å²) < 4.78 is 17.4. The largest absolute Gasteiger partial charge is 0.462 e. The molecule has 58 heavy (non-hydrogen) atoms. The number of esters is 2. The zero-order valence-corrected chi connectivity index (χ0v) is 38.8. The molecule has 0 radical (unpaired) electrons. The summed E-state index contributed by atoms with van der Waals surface area (Å²) in [7, 11) is 0. The van der Waals surface area contributed by atoms with Gasteiger partial charge < -0.3 is 14.2 Å². The Morgan fingerprint density at radius 3 is 1.31 bits per heavy atom. The third kappa shape index (κ3) is 46.5. The number of rotatable bonds is 46. The van der Waals surface area contributed by atoms with E-state index in [4.69, 9.17) is 14.2 Å².